The number of benzene rings is 1. The molecule has 1 atom stereocenters. The summed E-state index contributed by atoms with van der Waals surface area (Å²) in [4.78, 5) is 31.3. The lowest BCUT2D eigenvalue weighted by Crippen LogP contribution is -2.44. The fraction of sp³-hybridized carbons (Fsp3) is 0.471. The van der Waals surface area contributed by atoms with Gasteiger partial charge in [0.15, 0.2) is 0 Å². The number of aryl methyl sites for hydroxylation is 1. The van der Waals surface area contributed by atoms with Crippen LogP contribution in [0.25, 0.3) is 11.0 Å². The van der Waals surface area contributed by atoms with E-state index in [0.29, 0.717) is 12.2 Å². The molecule has 0 unspecified atom stereocenters. The number of hydrogen-bond donors (Lipinski definition) is 4. The van der Waals surface area contributed by atoms with Crippen LogP contribution in [-0.2, 0) is 4.79 Å². The molecule has 1 aromatic carbocycles. The highest BCUT2D eigenvalue weighted by atomic mass is 16.2. The summed E-state index contributed by atoms with van der Waals surface area (Å²) < 4.78 is 0. The van der Waals surface area contributed by atoms with E-state index >= 15 is 0 Å². The number of imidazole rings is 1. The Kier molecular flexibility index (Phi) is 5.78. The van der Waals surface area contributed by atoms with E-state index in [0.717, 1.165) is 16.6 Å². The monoisotopic (exact) mass is 331 g/mol. The van der Waals surface area contributed by atoms with Gasteiger partial charge in [0, 0.05) is 6.04 Å². The summed E-state index contributed by atoms with van der Waals surface area (Å²) in [7, 11) is 0. The maximum absolute atomic E-state index is 12.0. The van der Waals surface area contributed by atoms with Crippen molar-refractivity contribution in [2.75, 3.05) is 6.54 Å². The van der Waals surface area contributed by atoms with Gasteiger partial charge in [-0.2, -0.15) is 0 Å². The second-order valence-electron chi connectivity index (χ2n) is 6.15. The molecule has 0 spiro atoms. The zero-order valence-electron chi connectivity index (χ0n) is 14.6. The topological polar surface area (TPSA) is 98.9 Å². The molecule has 2 aromatic rings. The molecule has 0 fully saturated rings. The van der Waals surface area contributed by atoms with E-state index < -0.39 is 6.03 Å². The van der Waals surface area contributed by atoms with Crippen LogP contribution in [0.2, 0.25) is 0 Å². The van der Waals surface area contributed by atoms with Crippen molar-refractivity contribution in [2.24, 2.45) is 0 Å². The van der Waals surface area contributed by atoms with Crippen molar-refractivity contribution in [1.82, 2.24) is 25.9 Å². The predicted molar refractivity (Wildman–Crippen MR) is 93.7 cm³/mol. The Morgan fingerprint density at radius 3 is 2.67 bits per heavy atom. The number of amides is 3. The van der Waals surface area contributed by atoms with E-state index in [4.69, 9.17) is 0 Å². The molecular formula is C17H25N5O2. The number of carbonyl (C=O) groups excluding carboxylic acids is 2. The highest BCUT2D eigenvalue weighted by Crippen LogP contribution is 2.19. The maximum atomic E-state index is 12.0. The van der Waals surface area contributed by atoms with Gasteiger partial charge < -0.3 is 20.9 Å². The number of hydrogen-bond acceptors (Lipinski definition) is 3. The van der Waals surface area contributed by atoms with Crippen molar-refractivity contribution in [3.05, 3.63) is 29.6 Å². The SMILES string of the molecule is CC[C@H](NC(=O)NCC(=O)NC(C)C)c1nc2ccc(C)cc2[nH]1. The van der Waals surface area contributed by atoms with E-state index in [1.165, 1.54) is 0 Å². The minimum absolute atomic E-state index is 0.0461. The van der Waals surface area contributed by atoms with Crippen molar-refractivity contribution < 1.29 is 9.59 Å². The molecule has 7 nitrogen and oxygen atoms in total. The summed E-state index contributed by atoms with van der Waals surface area (Å²) in [6, 6.07) is 5.39. The fourth-order valence-corrected chi connectivity index (χ4v) is 2.41. The molecule has 1 heterocycles. The second-order valence-corrected chi connectivity index (χ2v) is 6.15. The molecule has 0 aliphatic heterocycles. The van der Waals surface area contributed by atoms with Crippen LogP contribution < -0.4 is 16.0 Å². The number of aromatic nitrogens is 2. The molecule has 130 valence electrons. The molecule has 0 aliphatic carbocycles. The molecule has 2 rings (SSSR count). The average molecular weight is 331 g/mol. The molecule has 1 aromatic heterocycles. The molecule has 0 saturated heterocycles. The quantitative estimate of drug-likeness (QED) is 0.652. The number of nitrogens with zero attached hydrogens (tertiary/aromatic N) is 1. The Bertz CT molecular complexity index is 723. The summed E-state index contributed by atoms with van der Waals surface area (Å²) in [6.07, 6.45) is 0.685. The van der Waals surface area contributed by atoms with Gasteiger partial charge in [0.25, 0.3) is 0 Å². The summed E-state index contributed by atoms with van der Waals surface area (Å²) in [5, 5.41) is 8.13. The first-order valence-electron chi connectivity index (χ1n) is 8.19. The van der Waals surface area contributed by atoms with Gasteiger partial charge in [0.2, 0.25) is 5.91 Å². The van der Waals surface area contributed by atoms with Crippen molar-refractivity contribution in [3.8, 4) is 0 Å². The van der Waals surface area contributed by atoms with E-state index in [-0.39, 0.29) is 24.5 Å². The first-order valence-corrected chi connectivity index (χ1v) is 8.19. The molecule has 0 radical (unpaired) electrons. The Hall–Kier alpha value is -2.57. The van der Waals surface area contributed by atoms with Crippen molar-refractivity contribution >= 4 is 23.0 Å². The highest BCUT2D eigenvalue weighted by molar-refractivity contribution is 5.84. The van der Waals surface area contributed by atoms with Crippen LogP contribution in [0.1, 0.15) is 44.6 Å². The van der Waals surface area contributed by atoms with Gasteiger partial charge in [-0.25, -0.2) is 9.78 Å². The largest absolute Gasteiger partial charge is 0.352 e. The van der Waals surface area contributed by atoms with Gasteiger partial charge in [-0.1, -0.05) is 13.0 Å². The molecular weight excluding hydrogens is 306 g/mol. The van der Waals surface area contributed by atoms with E-state index in [1.54, 1.807) is 0 Å². The minimum Gasteiger partial charge on any atom is -0.352 e. The van der Waals surface area contributed by atoms with Crippen LogP contribution in [0.3, 0.4) is 0 Å². The minimum atomic E-state index is -0.391. The Morgan fingerprint density at radius 2 is 2.00 bits per heavy atom. The van der Waals surface area contributed by atoms with E-state index in [9.17, 15) is 9.59 Å². The van der Waals surface area contributed by atoms with Gasteiger partial charge in [-0.15, -0.1) is 0 Å². The van der Waals surface area contributed by atoms with Crippen molar-refractivity contribution in [1.29, 1.82) is 0 Å². The lowest BCUT2D eigenvalue weighted by molar-refractivity contribution is -0.120. The third-order valence-electron chi connectivity index (χ3n) is 3.56. The summed E-state index contributed by atoms with van der Waals surface area (Å²) >= 11 is 0. The normalized spacial score (nSPS) is 12.2. The average Bonchev–Trinajstić information content (AvgIpc) is 2.92. The molecule has 0 bridgehead atoms. The van der Waals surface area contributed by atoms with Crippen LogP contribution in [0, 0.1) is 6.92 Å². The van der Waals surface area contributed by atoms with Gasteiger partial charge in [0.1, 0.15) is 5.82 Å². The number of rotatable bonds is 6. The Morgan fingerprint density at radius 1 is 1.25 bits per heavy atom. The number of fused-ring (bicyclic) bond motifs is 1. The third-order valence-corrected chi connectivity index (χ3v) is 3.56. The fourth-order valence-electron chi connectivity index (χ4n) is 2.41. The highest BCUT2D eigenvalue weighted by Gasteiger charge is 2.17. The third kappa shape index (κ3) is 4.71. The van der Waals surface area contributed by atoms with Crippen LogP contribution in [0.5, 0.6) is 0 Å². The molecule has 7 heteroatoms. The summed E-state index contributed by atoms with van der Waals surface area (Å²) in [5.74, 6) is 0.493. The second kappa shape index (κ2) is 7.81. The zero-order chi connectivity index (χ0) is 17.7. The lowest BCUT2D eigenvalue weighted by Gasteiger charge is -2.15. The first-order chi connectivity index (χ1) is 11.4. The molecule has 4 N–H and O–H groups in total. The molecule has 3 amide bonds. The Balaban J connectivity index is 1.97. The molecule has 0 saturated carbocycles. The predicted octanol–water partition coefficient (Wildman–Crippen LogP) is 2.15. The van der Waals surface area contributed by atoms with Crippen LogP contribution in [0.15, 0.2) is 18.2 Å². The van der Waals surface area contributed by atoms with Gasteiger partial charge in [-0.3, -0.25) is 4.79 Å². The van der Waals surface area contributed by atoms with Gasteiger partial charge in [0.05, 0.1) is 23.6 Å². The van der Waals surface area contributed by atoms with Gasteiger partial charge in [-0.05, 0) is 44.9 Å². The van der Waals surface area contributed by atoms with E-state index in [1.807, 2.05) is 45.9 Å². The van der Waals surface area contributed by atoms with Crippen LogP contribution in [-0.4, -0.2) is 34.5 Å². The van der Waals surface area contributed by atoms with E-state index in [2.05, 4.69) is 25.9 Å². The maximum Gasteiger partial charge on any atom is 0.315 e. The summed E-state index contributed by atoms with van der Waals surface area (Å²) in [6.45, 7) is 7.67. The Labute approximate surface area is 141 Å². The van der Waals surface area contributed by atoms with Crippen LogP contribution in [0.4, 0.5) is 4.79 Å². The smallest absolute Gasteiger partial charge is 0.315 e. The number of urea groups is 1. The molecule has 24 heavy (non-hydrogen) atoms. The lowest BCUT2D eigenvalue weighted by atomic mass is 10.2. The standard InChI is InChI=1S/C17H25N5O2/c1-5-12(22-17(24)18-9-15(23)19-10(2)3)16-20-13-7-6-11(4)8-14(13)21-16/h6-8,10,12H,5,9H2,1-4H3,(H,19,23)(H,20,21)(H2,18,22,24)/t12-/m0/s1. The zero-order valence-corrected chi connectivity index (χ0v) is 14.6. The van der Waals surface area contributed by atoms with Crippen molar-refractivity contribution in [2.45, 2.75) is 46.2 Å². The first kappa shape index (κ1) is 17.8. The number of carbonyl (C=O) groups is 2. The van der Waals surface area contributed by atoms with Crippen molar-refractivity contribution in [3.63, 3.8) is 0 Å². The summed E-state index contributed by atoms with van der Waals surface area (Å²) in [5.41, 5.74) is 2.96. The molecule has 0 aliphatic rings. The van der Waals surface area contributed by atoms with Gasteiger partial charge >= 0.3 is 6.03 Å². The number of H-pyrrole nitrogens is 1. The number of nitrogens with one attached hydrogen (secondary N) is 4. The number of aromatic amines is 1. The van der Waals surface area contributed by atoms with Crippen LogP contribution >= 0.6 is 0 Å².